The first-order valence-corrected chi connectivity index (χ1v) is 6.29. The standard InChI is InChI=1S/C12H15N3OS/c1-9-4-3-5-11(8-9)16-7-6-13-12-15-14-10(2)17-12/h3-5,8H,6-7H2,1-2H3,(H,13,15). The fourth-order valence-corrected chi connectivity index (χ4v) is 2.02. The Kier molecular flexibility index (Phi) is 3.93. The van der Waals surface area contributed by atoms with Gasteiger partial charge in [-0.05, 0) is 31.5 Å². The normalized spacial score (nSPS) is 10.2. The highest BCUT2D eigenvalue weighted by molar-refractivity contribution is 7.15. The van der Waals surface area contributed by atoms with Crippen molar-refractivity contribution in [2.24, 2.45) is 0 Å². The van der Waals surface area contributed by atoms with Crippen LogP contribution in [0.3, 0.4) is 0 Å². The average Bonchev–Trinajstić information content (AvgIpc) is 2.71. The third kappa shape index (κ3) is 3.71. The Morgan fingerprint density at radius 1 is 1.29 bits per heavy atom. The van der Waals surface area contributed by atoms with E-state index in [0.29, 0.717) is 6.61 Å². The Hall–Kier alpha value is -1.62. The summed E-state index contributed by atoms with van der Waals surface area (Å²) in [6.07, 6.45) is 0. The van der Waals surface area contributed by atoms with E-state index in [1.54, 1.807) is 11.3 Å². The first-order valence-electron chi connectivity index (χ1n) is 5.47. The summed E-state index contributed by atoms with van der Waals surface area (Å²) in [7, 11) is 0. The quantitative estimate of drug-likeness (QED) is 0.828. The lowest BCUT2D eigenvalue weighted by molar-refractivity contribution is 0.332. The highest BCUT2D eigenvalue weighted by Gasteiger charge is 1.98. The first-order chi connectivity index (χ1) is 8.24. The van der Waals surface area contributed by atoms with Crippen molar-refractivity contribution < 1.29 is 4.74 Å². The number of aryl methyl sites for hydroxylation is 2. The monoisotopic (exact) mass is 249 g/mol. The van der Waals surface area contributed by atoms with Gasteiger partial charge in [0, 0.05) is 0 Å². The number of hydrogen-bond acceptors (Lipinski definition) is 5. The first kappa shape index (κ1) is 11.9. The van der Waals surface area contributed by atoms with Crippen LogP contribution >= 0.6 is 11.3 Å². The maximum absolute atomic E-state index is 5.61. The molecule has 1 aromatic carbocycles. The van der Waals surface area contributed by atoms with Crippen LogP contribution in [0.15, 0.2) is 24.3 Å². The van der Waals surface area contributed by atoms with Crippen LogP contribution in [0.4, 0.5) is 5.13 Å². The van der Waals surface area contributed by atoms with Crippen molar-refractivity contribution in [1.29, 1.82) is 0 Å². The molecule has 0 aliphatic heterocycles. The molecule has 0 unspecified atom stereocenters. The predicted octanol–water partition coefficient (Wildman–Crippen LogP) is 2.65. The number of nitrogens with one attached hydrogen (secondary N) is 1. The molecule has 0 bridgehead atoms. The van der Waals surface area contributed by atoms with E-state index in [1.807, 2.05) is 25.1 Å². The molecule has 1 heterocycles. The van der Waals surface area contributed by atoms with Crippen LogP contribution in [-0.4, -0.2) is 23.3 Å². The molecule has 0 saturated heterocycles. The summed E-state index contributed by atoms with van der Waals surface area (Å²) in [4.78, 5) is 0. The lowest BCUT2D eigenvalue weighted by Crippen LogP contribution is -2.11. The van der Waals surface area contributed by atoms with Gasteiger partial charge in [0.15, 0.2) is 0 Å². The van der Waals surface area contributed by atoms with Crippen molar-refractivity contribution in [1.82, 2.24) is 10.2 Å². The van der Waals surface area contributed by atoms with Gasteiger partial charge in [-0.1, -0.05) is 23.5 Å². The smallest absolute Gasteiger partial charge is 0.205 e. The molecule has 1 N–H and O–H groups in total. The molecule has 2 aromatic rings. The molecule has 4 nitrogen and oxygen atoms in total. The minimum absolute atomic E-state index is 0.613. The highest BCUT2D eigenvalue weighted by Crippen LogP contribution is 2.14. The Bertz CT molecular complexity index is 484. The zero-order valence-electron chi connectivity index (χ0n) is 9.93. The molecule has 5 heteroatoms. The molecule has 0 radical (unpaired) electrons. The summed E-state index contributed by atoms with van der Waals surface area (Å²) in [5, 5.41) is 12.9. The molecule has 0 aliphatic carbocycles. The molecular weight excluding hydrogens is 234 g/mol. The molecule has 90 valence electrons. The lowest BCUT2D eigenvalue weighted by atomic mass is 10.2. The largest absolute Gasteiger partial charge is 0.492 e. The van der Waals surface area contributed by atoms with Crippen molar-refractivity contribution in [3.05, 3.63) is 34.8 Å². The molecule has 0 atom stereocenters. The summed E-state index contributed by atoms with van der Waals surface area (Å²) >= 11 is 1.55. The average molecular weight is 249 g/mol. The van der Waals surface area contributed by atoms with Gasteiger partial charge in [0.25, 0.3) is 0 Å². The number of anilines is 1. The summed E-state index contributed by atoms with van der Waals surface area (Å²) in [5.74, 6) is 0.903. The molecule has 0 saturated carbocycles. The van der Waals surface area contributed by atoms with E-state index in [1.165, 1.54) is 5.56 Å². The fourth-order valence-electron chi connectivity index (χ4n) is 1.40. The van der Waals surface area contributed by atoms with E-state index in [9.17, 15) is 0 Å². The number of rotatable bonds is 5. The maximum atomic E-state index is 5.61. The highest BCUT2D eigenvalue weighted by atomic mass is 32.1. The van der Waals surface area contributed by atoms with Gasteiger partial charge in [0.05, 0.1) is 6.54 Å². The van der Waals surface area contributed by atoms with Gasteiger partial charge in [0.2, 0.25) is 5.13 Å². The molecule has 0 amide bonds. The summed E-state index contributed by atoms with van der Waals surface area (Å²) in [6.45, 7) is 5.33. The van der Waals surface area contributed by atoms with E-state index >= 15 is 0 Å². The molecule has 0 fully saturated rings. The number of ether oxygens (including phenoxy) is 1. The minimum atomic E-state index is 0.613. The van der Waals surface area contributed by atoms with Crippen LogP contribution in [0.25, 0.3) is 0 Å². The Labute approximate surface area is 105 Å². The SMILES string of the molecule is Cc1cccc(OCCNc2nnc(C)s2)c1. The molecule has 17 heavy (non-hydrogen) atoms. The number of hydrogen-bond donors (Lipinski definition) is 1. The van der Waals surface area contributed by atoms with Gasteiger partial charge in [0.1, 0.15) is 17.4 Å². The summed E-state index contributed by atoms with van der Waals surface area (Å²) in [5.41, 5.74) is 1.20. The van der Waals surface area contributed by atoms with Gasteiger partial charge in [-0.2, -0.15) is 0 Å². The number of benzene rings is 1. The minimum Gasteiger partial charge on any atom is -0.492 e. The fraction of sp³-hybridized carbons (Fsp3) is 0.333. The topological polar surface area (TPSA) is 47.0 Å². The molecule has 0 aliphatic rings. The number of nitrogens with zero attached hydrogens (tertiary/aromatic N) is 2. The van der Waals surface area contributed by atoms with Gasteiger partial charge in [-0.15, -0.1) is 10.2 Å². The Morgan fingerprint density at radius 3 is 2.88 bits per heavy atom. The molecule has 1 aromatic heterocycles. The zero-order valence-corrected chi connectivity index (χ0v) is 10.8. The second-order valence-corrected chi connectivity index (χ2v) is 4.90. The maximum Gasteiger partial charge on any atom is 0.205 e. The Morgan fingerprint density at radius 2 is 2.18 bits per heavy atom. The molecule has 0 spiro atoms. The third-order valence-electron chi connectivity index (χ3n) is 2.16. The van der Waals surface area contributed by atoms with Crippen molar-refractivity contribution in [2.75, 3.05) is 18.5 Å². The van der Waals surface area contributed by atoms with E-state index < -0.39 is 0 Å². The van der Waals surface area contributed by atoms with E-state index in [-0.39, 0.29) is 0 Å². The van der Waals surface area contributed by atoms with Crippen molar-refractivity contribution in [2.45, 2.75) is 13.8 Å². The Balaban J connectivity index is 1.73. The lowest BCUT2D eigenvalue weighted by Gasteiger charge is -2.06. The van der Waals surface area contributed by atoms with Crippen molar-refractivity contribution >= 4 is 16.5 Å². The summed E-state index contributed by atoms with van der Waals surface area (Å²) in [6, 6.07) is 8.03. The second kappa shape index (κ2) is 5.63. The van der Waals surface area contributed by atoms with Crippen LogP contribution in [0.1, 0.15) is 10.6 Å². The number of aromatic nitrogens is 2. The van der Waals surface area contributed by atoms with Gasteiger partial charge in [-0.25, -0.2) is 0 Å². The molecule has 2 rings (SSSR count). The van der Waals surface area contributed by atoms with E-state index in [4.69, 9.17) is 4.74 Å². The van der Waals surface area contributed by atoms with Crippen molar-refractivity contribution in [3.8, 4) is 5.75 Å². The van der Waals surface area contributed by atoms with Gasteiger partial charge >= 0.3 is 0 Å². The van der Waals surface area contributed by atoms with Crippen LogP contribution < -0.4 is 10.1 Å². The summed E-state index contributed by atoms with van der Waals surface area (Å²) < 4.78 is 5.61. The second-order valence-electron chi connectivity index (χ2n) is 3.72. The van der Waals surface area contributed by atoms with E-state index in [0.717, 1.165) is 22.4 Å². The van der Waals surface area contributed by atoms with Crippen molar-refractivity contribution in [3.63, 3.8) is 0 Å². The van der Waals surface area contributed by atoms with Crippen LogP contribution in [-0.2, 0) is 0 Å². The van der Waals surface area contributed by atoms with Gasteiger partial charge in [-0.3, -0.25) is 0 Å². The van der Waals surface area contributed by atoms with Crippen LogP contribution in [0, 0.1) is 13.8 Å². The molecular formula is C12H15N3OS. The van der Waals surface area contributed by atoms with Crippen LogP contribution in [0.5, 0.6) is 5.75 Å². The van der Waals surface area contributed by atoms with Crippen LogP contribution in [0.2, 0.25) is 0 Å². The van der Waals surface area contributed by atoms with E-state index in [2.05, 4.69) is 28.5 Å². The third-order valence-corrected chi connectivity index (χ3v) is 2.96. The van der Waals surface area contributed by atoms with Gasteiger partial charge < -0.3 is 10.1 Å². The zero-order chi connectivity index (χ0) is 12.1. The predicted molar refractivity (Wildman–Crippen MR) is 69.8 cm³/mol.